The summed E-state index contributed by atoms with van der Waals surface area (Å²) in [5.74, 6) is -0.892. The zero-order chi connectivity index (χ0) is 43.3. The fourth-order valence-corrected chi connectivity index (χ4v) is 11.6. The van der Waals surface area contributed by atoms with Crippen LogP contribution in [0.4, 0.5) is 0 Å². The Bertz CT molecular complexity index is 1280. The molecule has 0 saturated carbocycles. The van der Waals surface area contributed by atoms with Gasteiger partial charge >= 0.3 is 11.9 Å². The topological polar surface area (TPSA) is 136 Å². The van der Waals surface area contributed by atoms with E-state index in [9.17, 15) is 19.2 Å². The van der Waals surface area contributed by atoms with Crippen molar-refractivity contribution in [2.24, 2.45) is 0 Å². The Kier molecular flexibility index (Phi) is 15.7. The van der Waals surface area contributed by atoms with E-state index in [0.29, 0.717) is 38.8 Å². The molecule has 0 aliphatic carbocycles. The number of hydrogen-bond donors (Lipinski definition) is 2. The van der Waals surface area contributed by atoms with Crippen molar-refractivity contribution in [3.63, 3.8) is 0 Å². The molecule has 4 aliphatic rings. The van der Waals surface area contributed by atoms with E-state index in [-0.39, 0.29) is 37.9 Å². The molecule has 2 amide bonds. The highest BCUT2D eigenvalue weighted by Gasteiger charge is 2.64. The van der Waals surface area contributed by atoms with Gasteiger partial charge in [0.25, 0.3) is 11.8 Å². The summed E-state index contributed by atoms with van der Waals surface area (Å²) < 4.78 is 25.1. The summed E-state index contributed by atoms with van der Waals surface area (Å²) in [5.41, 5.74) is -4.63. The predicted molar refractivity (Wildman–Crippen MR) is 227 cm³/mol. The van der Waals surface area contributed by atoms with Crippen LogP contribution in [0.2, 0.25) is 0 Å². The summed E-state index contributed by atoms with van der Waals surface area (Å²) in [7, 11) is 0. The van der Waals surface area contributed by atoms with Crippen LogP contribution in [-0.2, 0) is 38.1 Å². The van der Waals surface area contributed by atoms with E-state index in [1.807, 2.05) is 0 Å². The van der Waals surface area contributed by atoms with E-state index in [1.54, 1.807) is 0 Å². The number of ether oxygens (including phenoxy) is 4. The second kappa shape index (κ2) is 18.8. The van der Waals surface area contributed by atoms with Crippen LogP contribution in [0.25, 0.3) is 0 Å². The highest BCUT2D eigenvalue weighted by molar-refractivity contribution is 5.89. The van der Waals surface area contributed by atoms with Crippen molar-refractivity contribution in [3.8, 4) is 0 Å². The number of piperidine rings is 2. The van der Waals surface area contributed by atoms with Gasteiger partial charge in [-0.25, -0.2) is 0 Å². The Morgan fingerprint density at radius 3 is 1.07 bits per heavy atom. The molecule has 2 N–H and O–H groups in total. The molecule has 12 heteroatoms. The number of esters is 2. The van der Waals surface area contributed by atoms with E-state index < -0.39 is 56.7 Å². The number of nitrogens with one attached hydrogen (secondary N) is 2. The molecule has 0 atom stereocenters. The van der Waals surface area contributed by atoms with Gasteiger partial charge in [-0.15, -0.1) is 0 Å². The summed E-state index contributed by atoms with van der Waals surface area (Å²) in [6.45, 7) is 27.1. The first kappa shape index (κ1) is 48.4. The molecule has 4 heterocycles. The van der Waals surface area contributed by atoms with Gasteiger partial charge in [0.05, 0.1) is 12.8 Å². The van der Waals surface area contributed by atoms with Crippen LogP contribution in [0.1, 0.15) is 199 Å². The van der Waals surface area contributed by atoms with Crippen molar-refractivity contribution in [1.29, 1.82) is 0 Å². The molecule has 0 bridgehead atoms. The third-order valence-electron chi connectivity index (χ3n) is 13.5. The van der Waals surface area contributed by atoms with E-state index in [4.69, 9.17) is 18.9 Å². The highest BCUT2D eigenvalue weighted by atomic mass is 16.6. The second-order valence-corrected chi connectivity index (χ2v) is 20.7. The Labute approximate surface area is 351 Å². The second-order valence-electron chi connectivity index (χ2n) is 20.7. The van der Waals surface area contributed by atoms with Crippen LogP contribution in [0, 0.1) is 0 Å². The van der Waals surface area contributed by atoms with Crippen LogP contribution >= 0.6 is 0 Å². The van der Waals surface area contributed by atoms with Crippen LogP contribution in [-0.4, -0.2) is 105 Å². The molecule has 4 saturated heterocycles. The fraction of sp³-hybridized carbons (Fsp3) is 0.913. The molecule has 0 aromatic heterocycles. The first-order valence-electron chi connectivity index (χ1n) is 22.9. The van der Waals surface area contributed by atoms with Gasteiger partial charge in [-0.2, -0.15) is 0 Å². The average molecular weight is 819 g/mol. The zero-order valence-electron chi connectivity index (χ0n) is 38.7. The summed E-state index contributed by atoms with van der Waals surface area (Å²) in [5, 5.41) is 6.64. The third kappa shape index (κ3) is 11.0. The van der Waals surface area contributed by atoms with Crippen LogP contribution in [0.15, 0.2) is 0 Å². The van der Waals surface area contributed by atoms with Crippen LogP contribution in [0.3, 0.4) is 0 Å². The summed E-state index contributed by atoms with van der Waals surface area (Å²) in [6.07, 6.45) is 13.5. The number of hydrogen-bond acceptors (Lipinski definition) is 10. The number of amides is 2. The molecule has 4 rings (SSSR count). The molecular formula is C46H82N4O8. The summed E-state index contributed by atoms with van der Waals surface area (Å²) >= 11 is 0. The third-order valence-corrected chi connectivity index (χ3v) is 13.5. The Morgan fingerprint density at radius 1 is 0.534 bits per heavy atom. The van der Waals surface area contributed by atoms with Gasteiger partial charge in [-0.1, -0.05) is 53.4 Å². The number of rotatable bonds is 21. The zero-order valence-corrected chi connectivity index (χ0v) is 38.7. The minimum atomic E-state index is -0.903. The van der Waals surface area contributed by atoms with Crippen molar-refractivity contribution < 1.29 is 38.1 Å². The van der Waals surface area contributed by atoms with Crippen molar-refractivity contribution in [3.05, 3.63) is 0 Å². The normalized spacial score (nSPS) is 24.8. The molecular weight excluding hydrogens is 737 g/mol. The van der Waals surface area contributed by atoms with E-state index >= 15 is 0 Å². The number of likely N-dealkylation sites (tertiary alicyclic amines) is 2. The van der Waals surface area contributed by atoms with Crippen molar-refractivity contribution in [2.75, 3.05) is 26.3 Å². The lowest BCUT2D eigenvalue weighted by Gasteiger charge is -2.57. The first-order valence-corrected chi connectivity index (χ1v) is 22.9. The van der Waals surface area contributed by atoms with E-state index in [1.165, 1.54) is 0 Å². The van der Waals surface area contributed by atoms with E-state index in [2.05, 4.69) is 104 Å². The summed E-state index contributed by atoms with van der Waals surface area (Å²) in [6, 6.07) is 0. The van der Waals surface area contributed by atoms with Crippen LogP contribution < -0.4 is 10.6 Å². The van der Waals surface area contributed by atoms with Gasteiger partial charge in [-0.05, 0) is 107 Å². The molecule has 12 nitrogen and oxygen atoms in total. The average Bonchev–Trinajstić information content (AvgIpc) is 3.52. The van der Waals surface area contributed by atoms with Gasteiger partial charge in [0, 0.05) is 60.9 Å². The summed E-state index contributed by atoms with van der Waals surface area (Å²) in [4.78, 5) is 57.8. The first-order chi connectivity index (χ1) is 27.0. The standard InChI is InChI=1S/C46H82N4O8/c1-13-17-23-45(24-18-14-2)47-37(53)43(57-45)31-39(5,6)49(40(7,8)32-43)27-29-55-35(51)21-22-36(52)56-30-28-50-41(9,10)33-44(34-42(50,11)12)38(54)48-46(58-44,25-19-15-3)26-20-16-4/h13-34H2,1-12H3,(H,47,53)(H,48,54). The molecule has 334 valence electrons. The maximum absolute atomic E-state index is 13.8. The lowest BCUT2D eigenvalue weighted by Crippen LogP contribution is -2.67. The minimum Gasteiger partial charge on any atom is -0.464 e. The molecule has 0 unspecified atom stereocenters. The lowest BCUT2D eigenvalue weighted by atomic mass is 9.70. The van der Waals surface area contributed by atoms with Crippen LogP contribution in [0.5, 0.6) is 0 Å². The minimum absolute atomic E-state index is 0.00483. The molecule has 4 fully saturated rings. The molecule has 4 aliphatic heterocycles. The largest absolute Gasteiger partial charge is 0.464 e. The number of nitrogens with zero attached hydrogens (tertiary/aromatic N) is 2. The smallest absolute Gasteiger partial charge is 0.306 e. The van der Waals surface area contributed by atoms with Crippen molar-refractivity contribution in [2.45, 2.75) is 243 Å². The monoisotopic (exact) mass is 819 g/mol. The SMILES string of the molecule is CCCCC1(CCCC)NC(=O)C2(CC(C)(C)N(CCOC(=O)CCC(=O)OCCN3C(C)(C)CC4(CC3(C)C)OC(CCCC)(CCCC)NC4=O)C(C)(C)C2)O1. The maximum Gasteiger partial charge on any atom is 0.306 e. The van der Waals surface area contributed by atoms with E-state index in [0.717, 1.165) is 77.0 Å². The number of carbonyl (C=O) groups excluding carboxylic acids is 4. The lowest BCUT2D eigenvalue weighted by molar-refractivity contribution is -0.193. The van der Waals surface area contributed by atoms with Crippen molar-refractivity contribution in [1.82, 2.24) is 20.4 Å². The molecule has 0 radical (unpaired) electrons. The fourth-order valence-electron chi connectivity index (χ4n) is 11.6. The van der Waals surface area contributed by atoms with Gasteiger partial charge in [0.1, 0.15) is 24.7 Å². The van der Waals surface area contributed by atoms with Crippen molar-refractivity contribution >= 4 is 23.8 Å². The Hall–Kier alpha value is -2.28. The van der Waals surface area contributed by atoms with Gasteiger partial charge < -0.3 is 29.6 Å². The van der Waals surface area contributed by atoms with Gasteiger partial charge in [0.15, 0.2) is 11.2 Å². The van der Waals surface area contributed by atoms with Gasteiger partial charge in [-0.3, -0.25) is 29.0 Å². The predicted octanol–water partition coefficient (Wildman–Crippen LogP) is 8.08. The molecule has 58 heavy (non-hydrogen) atoms. The molecule has 0 aromatic carbocycles. The van der Waals surface area contributed by atoms with Gasteiger partial charge in [0.2, 0.25) is 0 Å². The Balaban J connectivity index is 1.24. The highest BCUT2D eigenvalue weighted by Crippen LogP contribution is 2.52. The molecule has 0 aromatic rings. The maximum atomic E-state index is 13.8. The molecule has 2 spiro atoms. The number of unbranched alkanes of at least 4 members (excludes halogenated alkanes) is 4. The number of carbonyl (C=O) groups is 4. The Morgan fingerprint density at radius 2 is 0.810 bits per heavy atom. The quantitative estimate of drug-likeness (QED) is 0.110.